The number of carbonyl (C=O) groups excluding carboxylic acids is 2. The first-order chi connectivity index (χ1) is 16.5. The van der Waals surface area contributed by atoms with Crippen LogP contribution in [-0.2, 0) is 22.6 Å². The van der Waals surface area contributed by atoms with Crippen LogP contribution in [0.2, 0.25) is 0 Å². The number of halogens is 1. The summed E-state index contributed by atoms with van der Waals surface area (Å²) in [5.41, 5.74) is 3.36. The van der Waals surface area contributed by atoms with Crippen molar-refractivity contribution in [3.8, 4) is 0 Å². The SMILES string of the molecule is CCc1cccc2sc(N(Cc3ccccn3)C(=O)C3CC(=O)N(c4ccc(F)cc4)C3)nc12. The van der Waals surface area contributed by atoms with Crippen LogP contribution in [0, 0.1) is 11.7 Å². The van der Waals surface area contributed by atoms with Gasteiger partial charge in [0, 0.05) is 24.8 Å². The zero-order valence-corrected chi connectivity index (χ0v) is 19.5. The zero-order chi connectivity index (χ0) is 23.7. The summed E-state index contributed by atoms with van der Waals surface area (Å²) in [5.74, 6) is -1.22. The first kappa shape index (κ1) is 22.2. The van der Waals surface area contributed by atoms with Gasteiger partial charge in [0.2, 0.25) is 11.8 Å². The maximum atomic E-state index is 13.8. The van der Waals surface area contributed by atoms with Crippen LogP contribution in [0.5, 0.6) is 0 Å². The fourth-order valence-corrected chi connectivity index (χ4v) is 5.27. The van der Waals surface area contributed by atoms with E-state index in [0.29, 0.717) is 10.8 Å². The highest BCUT2D eigenvalue weighted by molar-refractivity contribution is 7.22. The second-order valence-electron chi connectivity index (χ2n) is 8.24. The molecule has 34 heavy (non-hydrogen) atoms. The van der Waals surface area contributed by atoms with E-state index < -0.39 is 5.92 Å². The van der Waals surface area contributed by atoms with E-state index in [0.717, 1.165) is 27.9 Å². The summed E-state index contributed by atoms with van der Waals surface area (Å²) in [5, 5.41) is 0.597. The largest absolute Gasteiger partial charge is 0.312 e. The van der Waals surface area contributed by atoms with Gasteiger partial charge in [-0.3, -0.25) is 19.5 Å². The van der Waals surface area contributed by atoms with Crippen molar-refractivity contribution in [1.82, 2.24) is 9.97 Å². The Morgan fingerprint density at radius 1 is 1.15 bits per heavy atom. The van der Waals surface area contributed by atoms with Gasteiger partial charge in [0.1, 0.15) is 5.82 Å². The maximum Gasteiger partial charge on any atom is 0.234 e. The van der Waals surface area contributed by atoms with Gasteiger partial charge in [-0.05, 0) is 54.4 Å². The number of benzene rings is 2. The highest BCUT2D eigenvalue weighted by Gasteiger charge is 2.38. The number of anilines is 2. The highest BCUT2D eigenvalue weighted by Crippen LogP contribution is 2.34. The third-order valence-electron chi connectivity index (χ3n) is 6.03. The van der Waals surface area contributed by atoms with Crippen LogP contribution in [-0.4, -0.2) is 28.3 Å². The van der Waals surface area contributed by atoms with Crippen LogP contribution in [0.1, 0.15) is 24.6 Å². The fraction of sp³-hybridized carbons (Fsp3) is 0.231. The molecule has 6 nitrogen and oxygen atoms in total. The molecule has 4 aromatic rings. The minimum absolute atomic E-state index is 0.0973. The lowest BCUT2D eigenvalue weighted by molar-refractivity contribution is -0.124. The minimum atomic E-state index is -0.529. The molecule has 0 spiro atoms. The Morgan fingerprint density at radius 3 is 2.71 bits per heavy atom. The molecule has 2 aromatic heterocycles. The second kappa shape index (κ2) is 9.30. The van der Waals surface area contributed by atoms with E-state index in [1.165, 1.54) is 23.5 Å². The third-order valence-corrected chi connectivity index (χ3v) is 7.07. The van der Waals surface area contributed by atoms with Gasteiger partial charge in [0.15, 0.2) is 5.13 Å². The average Bonchev–Trinajstić information content (AvgIpc) is 3.47. The number of rotatable bonds is 6. The Kier molecular flexibility index (Phi) is 6.06. The van der Waals surface area contributed by atoms with Crippen LogP contribution < -0.4 is 9.80 Å². The van der Waals surface area contributed by atoms with Crippen molar-refractivity contribution in [3.63, 3.8) is 0 Å². The molecular formula is C26H23FN4O2S. The highest BCUT2D eigenvalue weighted by atomic mass is 32.1. The zero-order valence-electron chi connectivity index (χ0n) is 18.6. The smallest absolute Gasteiger partial charge is 0.234 e. The predicted octanol–water partition coefficient (Wildman–Crippen LogP) is 4.98. The molecule has 0 bridgehead atoms. The summed E-state index contributed by atoms with van der Waals surface area (Å²) in [6.45, 7) is 2.59. The molecular weight excluding hydrogens is 451 g/mol. The molecule has 3 heterocycles. The summed E-state index contributed by atoms with van der Waals surface area (Å²) in [7, 11) is 0. The van der Waals surface area contributed by atoms with Crippen LogP contribution in [0.25, 0.3) is 10.2 Å². The molecule has 172 valence electrons. The fourth-order valence-electron chi connectivity index (χ4n) is 4.25. The number of thiazole rings is 1. The first-order valence-electron chi connectivity index (χ1n) is 11.2. The number of amides is 2. The number of fused-ring (bicyclic) bond motifs is 1. The summed E-state index contributed by atoms with van der Waals surface area (Å²) in [6.07, 6.45) is 2.64. The number of carbonyl (C=O) groups is 2. The Morgan fingerprint density at radius 2 is 1.97 bits per heavy atom. The number of para-hydroxylation sites is 1. The van der Waals surface area contributed by atoms with Crippen molar-refractivity contribution in [3.05, 3.63) is 83.9 Å². The molecule has 1 fully saturated rings. The van der Waals surface area contributed by atoms with Crippen LogP contribution in [0.4, 0.5) is 15.2 Å². The van der Waals surface area contributed by atoms with Crippen LogP contribution >= 0.6 is 11.3 Å². The van der Waals surface area contributed by atoms with Gasteiger partial charge < -0.3 is 4.90 Å². The standard InChI is InChI=1S/C26H23FN4O2S/c1-2-17-6-5-8-22-24(17)29-26(34-22)31(16-20-7-3-4-13-28-20)25(33)18-14-23(32)30(15-18)21-11-9-19(27)10-12-21/h3-13,18H,2,14-16H2,1H3. The molecule has 1 saturated heterocycles. The number of aromatic nitrogens is 2. The Bertz CT molecular complexity index is 1340. The molecule has 0 aliphatic carbocycles. The molecule has 1 aliphatic rings. The van der Waals surface area contributed by atoms with Gasteiger partial charge in [-0.15, -0.1) is 0 Å². The Hall–Kier alpha value is -3.65. The lowest BCUT2D eigenvalue weighted by Gasteiger charge is -2.23. The van der Waals surface area contributed by atoms with Crippen molar-refractivity contribution < 1.29 is 14.0 Å². The van der Waals surface area contributed by atoms with Crippen LogP contribution in [0.15, 0.2) is 66.9 Å². The van der Waals surface area contributed by atoms with E-state index in [2.05, 4.69) is 11.9 Å². The van der Waals surface area contributed by atoms with Crippen molar-refractivity contribution in [1.29, 1.82) is 0 Å². The predicted molar refractivity (Wildman–Crippen MR) is 131 cm³/mol. The van der Waals surface area contributed by atoms with E-state index in [1.54, 1.807) is 28.1 Å². The topological polar surface area (TPSA) is 66.4 Å². The quantitative estimate of drug-likeness (QED) is 0.395. The lowest BCUT2D eigenvalue weighted by Crippen LogP contribution is -2.37. The van der Waals surface area contributed by atoms with E-state index in [-0.39, 0.29) is 37.1 Å². The maximum absolute atomic E-state index is 13.8. The summed E-state index contributed by atoms with van der Waals surface area (Å²) in [4.78, 5) is 39.0. The third kappa shape index (κ3) is 4.28. The summed E-state index contributed by atoms with van der Waals surface area (Å²) >= 11 is 1.47. The lowest BCUT2D eigenvalue weighted by atomic mass is 10.1. The normalized spacial score (nSPS) is 15.8. The molecule has 1 atom stereocenters. The van der Waals surface area contributed by atoms with Crippen molar-refractivity contribution >= 4 is 44.2 Å². The first-order valence-corrected chi connectivity index (χ1v) is 12.0. The van der Waals surface area contributed by atoms with E-state index >= 15 is 0 Å². The van der Waals surface area contributed by atoms with Gasteiger partial charge >= 0.3 is 0 Å². The van der Waals surface area contributed by atoms with Crippen molar-refractivity contribution in [2.45, 2.75) is 26.3 Å². The molecule has 0 radical (unpaired) electrons. The number of aryl methyl sites for hydroxylation is 1. The summed E-state index contributed by atoms with van der Waals surface area (Å²) in [6, 6.07) is 17.4. The number of hydrogen-bond acceptors (Lipinski definition) is 5. The number of nitrogens with zero attached hydrogens (tertiary/aromatic N) is 4. The van der Waals surface area contributed by atoms with Gasteiger partial charge in [-0.2, -0.15) is 0 Å². The van der Waals surface area contributed by atoms with Crippen LogP contribution in [0.3, 0.4) is 0 Å². The van der Waals surface area contributed by atoms with Gasteiger partial charge in [-0.25, -0.2) is 9.37 Å². The second-order valence-corrected chi connectivity index (χ2v) is 9.25. The molecule has 8 heteroatoms. The number of pyridine rings is 1. The molecule has 1 unspecified atom stereocenters. The molecule has 5 rings (SSSR count). The molecule has 0 N–H and O–H groups in total. The number of hydrogen-bond donors (Lipinski definition) is 0. The average molecular weight is 475 g/mol. The van der Waals surface area contributed by atoms with Gasteiger partial charge in [0.05, 0.1) is 28.4 Å². The van der Waals surface area contributed by atoms with Crippen molar-refractivity contribution in [2.24, 2.45) is 5.92 Å². The van der Waals surface area contributed by atoms with Crippen molar-refractivity contribution in [2.75, 3.05) is 16.3 Å². The van der Waals surface area contributed by atoms with E-state index in [9.17, 15) is 14.0 Å². The van der Waals surface area contributed by atoms with E-state index in [1.807, 2.05) is 36.4 Å². The van der Waals surface area contributed by atoms with E-state index in [4.69, 9.17) is 4.98 Å². The Labute approximate surface area is 200 Å². The molecule has 1 aliphatic heterocycles. The summed E-state index contributed by atoms with van der Waals surface area (Å²) < 4.78 is 14.4. The molecule has 0 saturated carbocycles. The van der Waals surface area contributed by atoms with Gasteiger partial charge in [0.25, 0.3) is 0 Å². The van der Waals surface area contributed by atoms with Gasteiger partial charge in [-0.1, -0.05) is 36.5 Å². The minimum Gasteiger partial charge on any atom is -0.312 e. The monoisotopic (exact) mass is 474 g/mol. The molecule has 2 aromatic carbocycles. The molecule has 2 amide bonds. The Balaban J connectivity index is 1.47.